The quantitative estimate of drug-likeness (QED) is 0.558. The lowest BCUT2D eigenvalue weighted by atomic mass is 9.67. The van der Waals surface area contributed by atoms with Gasteiger partial charge in [0.2, 0.25) is 0 Å². The van der Waals surface area contributed by atoms with E-state index < -0.39 is 0 Å². The van der Waals surface area contributed by atoms with E-state index in [4.69, 9.17) is 9.47 Å². The summed E-state index contributed by atoms with van der Waals surface area (Å²) in [6.45, 7) is 4.37. The van der Waals surface area contributed by atoms with Gasteiger partial charge in [-0.1, -0.05) is 56.3 Å². The molecule has 1 unspecified atom stereocenters. The second-order valence-electron chi connectivity index (χ2n) is 9.20. The van der Waals surface area contributed by atoms with Crippen molar-refractivity contribution < 1.29 is 14.3 Å². The third-order valence-electron chi connectivity index (χ3n) is 6.48. The average Bonchev–Trinajstić information content (AvgIpc) is 2.76. The van der Waals surface area contributed by atoms with Crippen molar-refractivity contribution in [3.05, 3.63) is 71.3 Å². The van der Waals surface area contributed by atoms with E-state index in [-0.39, 0.29) is 17.2 Å². The van der Waals surface area contributed by atoms with Crippen molar-refractivity contribution in [1.82, 2.24) is 0 Å². The zero-order valence-corrected chi connectivity index (χ0v) is 18.4. The first-order valence-corrected chi connectivity index (χ1v) is 10.7. The Hall–Kier alpha value is -3.27. The predicted molar refractivity (Wildman–Crippen MR) is 125 cm³/mol. The Morgan fingerprint density at radius 2 is 1.74 bits per heavy atom. The van der Waals surface area contributed by atoms with Crippen LogP contribution in [0.5, 0.6) is 11.5 Å². The molecule has 0 saturated carbocycles. The average molecular weight is 414 g/mol. The van der Waals surface area contributed by atoms with Crippen molar-refractivity contribution in [2.24, 2.45) is 5.41 Å². The van der Waals surface area contributed by atoms with Crippen LogP contribution < -0.4 is 14.8 Å². The van der Waals surface area contributed by atoms with Crippen molar-refractivity contribution in [2.75, 3.05) is 19.5 Å². The van der Waals surface area contributed by atoms with Gasteiger partial charge in [-0.2, -0.15) is 0 Å². The van der Waals surface area contributed by atoms with Gasteiger partial charge in [0, 0.05) is 28.8 Å². The maximum atomic E-state index is 13.6. The molecular formula is C27H27NO3. The van der Waals surface area contributed by atoms with Crippen molar-refractivity contribution in [3.63, 3.8) is 0 Å². The fraction of sp³-hybridized carbons (Fsp3) is 0.296. The van der Waals surface area contributed by atoms with E-state index in [1.54, 1.807) is 14.2 Å². The molecule has 3 aromatic rings. The van der Waals surface area contributed by atoms with Gasteiger partial charge in [-0.05, 0) is 40.3 Å². The summed E-state index contributed by atoms with van der Waals surface area (Å²) >= 11 is 0. The van der Waals surface area contributed by atoms with Gasteiger partial charge >= 0.3 is 0 Å². The van der Waals surface area contributed by atoms with Crippen molar-refractivity contribution in [1.29, 1.82) is 0 Å². The molecular weight excluding hydrogens is 386 g/mol. The number of para-hydroxylation sites is 1. The number of ketones is 1. The van der Waals surface area contributed by atoms with Crippen LogP contribution in [-0.2, 0) is 4.79 Å². The molecule has 1 atom stereocenters. The summed E-state index contributed by atoms with van der Waals surface area (Å²) in [5.74, 6) is 1.53. The van der Waals surface area contributed by atoms with Crippen LogP contribution in [0.2, 0.25) is 0 Å². The lowest BCUT2D eigenvalue weighted by Crippen LogP contribution is -2.33. The van der Waals surface area contributed by atoms with Crippen LogP contribution in [0.25, 0.3) is 16.3 Å². The monoisotopic (exact) mass is 413 g/mol. The molecule has 158 valence electrons. The molecule has 0 radical (unpaired) electrons. The van der Waals surface area contributed by atoms with Crippen LogP contribution in [0.4, 0.5) is 5.69 Å². The third-order valence-corrected chi connectivity index (χ3v) is 6.48. The standard InChI is InChI=1S/C27H27NO3/c1-27(2)14-19-23-17-9-6-5-8-16(17)12-13-20(23)28-25(24(19)21(29)15-27)18-10-7-11-22(30-3)26(18)31-4/h5-13,25,28H,14-15H2,1-4H3. The fourth-order valence-electron chi connectivity index (χ4n) is 5.21. The predicted octanol–water partition coefficient (Wildman–Crippen LogP) is 6.17. The van der Waals surface area contributed by atoms with E-state index in [1.807, 2.05) is 18.2 Å². The van der Waals surface area contributed by atoms with Crippen LogP contribution >= 0.6 is 0 Å². The molecule has 4 heteroatoms. The van der Waals surface area contributed by atoms with E-state index in [0.29, 0.717) is 17.9 Å². The van der Waals surface area contributed by atoms with E-state index >= 15 is 0 Å². The lowest BCUT2D eigenvalue weighted by molar-refractivity contribution is -0.118. The summed E-state index contributed by atoms with van der Waals surface area (Å²) in [4.78, 5) is 13.6. The Bertz CT molecular complexity index is 1240. The number of methoxy groups -OCH3 is 2. The highest BCUT2D eigenvalue weighted by molar-refractivity contribution is 6.13. The topological polar surface area (TPSA) is 47.6 Å². The fourth-order valence-corrected chi connectivity index (χ4v) is 5.21. The molecule has 31 heavy (non-hydrogen) atoms. The molecule has 0 spiro atoms. The van der Waals surface area contributed by atoms with Gasteiger partial charge in [-0.3, -0.25) is 4.79 Å². The van der Waals surface area contributed by atoms with Crippen molar-refractivity contribution in [3.8, 4) is 11.5 Å². The van der Waals surface area contributed by atoms with Gasteiger partial charge in [-0.25, -0.2) is 0 Å². The van der Waals surface area contributed by atoms with Gasteiger partial charge < -0.3 is 14.8 Å². The second kappa shape index (κ2) is 7.16. The van der Waals surface area contributed by atoms with E-state index in [2.05, 4.69) is 55.6 Å². The molecule has 4 nitrogen and oxygen atoms in total. The maximum Gasteiger partial charge on any atom is 0.166 e. The minimum atomic E-state index is -0.280. The zero-order valence-electron chi connectivity index (χ0n) is 18.4. The molecule has 0 bridgehead atoms. The molecule has 0 saturated heterocycles. The molecule has 0 aromatic heterocycles. The smallest absolute Gasteiger partial charge is 0.166 e. The first kappa shape index (κ1) is 19.7. The van der Waals surface area contributed by atoms with Gasteiger partial charge in [0.05, 0.1) is 20.3 Å². The van der Waals surface area contributed by atoms with E-state index in [0.717, 1.165) is 34.4 Å². The number of anilines is 1. The highest BCUT2D eigenvalue weighted by atomic mass is 16.5. The Morgan fingerprint density at radius 3 is 2.52 bits per heavy atom. The SMILES string of the molecule is COc1cccc(C2Nc3ccc4ccccc4c3C3=C2C(=O)CC(C)(C)C3)c1OC. The number of ether oxygens (including phenoxy) is 2. The minimum absolute atomic E-state index is 0.0789. The molecule has 1 aliphatic heterocycles. The Morgan fingerprint density at radius 1 is 0.935 bits per heavy atom. The largest absolute Gasteiger partial charge is 0.493 e. The Labute approximate surface area is 182 Å². The molecule has 1 aliphatic carbocycles. The van der Waals surface area contributed by atoms with E-state index in [9.17, 15) is 4.79 Å². The van der Waals surface area contributed by atoms with Crippen LogP contribution in [0.15, 0.2) is 60.2 Å². The first-order chi connectivity index (χ1) is 14.9. The number of fused-ring (bicyclic) bond motifs is 4. The number of hydrogen-bond acceptors (Lipinski definition) is 4. The van der Waals surface area contributed by atoms with E-state index in [1.165, 1.54) is 10.8 Å². The van der Waals surface area contributed by atoms with Crippen LogP contribution in [0.3, 0.4) is 0 Å². The molecule has 1 N–H and O–H groups in total. The number of Topliss-reactive ketones (excluding diaryl/α,β-unsaturated/α-hetero) is 1. The van der Waals surface area contributed by atoms with Gasteiger partial charge in [0.15, 0.2) is 17.3 Å². The number of benzene rings is 3. The molecule has 0 fully saturated rings. The third kappa shape index (κ3) is 3.09. The lowest BCUT2D eigenvalue weighted by Gasteiger charge is -2.40. The number of carbonyl (C=O) groups is 1. The maximum absolute atomic E-state index is 13.6. The molecule has 0 amide bonds. The number of hydrogen-bond donors (Lipinski definition) is 1. The van der Waals surface area contributed by atoms with Gasteiger partial charge in [-0.15, -0.1) is 0 Å². The summed E-state index contributed by atoms with van der Waals surface area (Å²) in [6, 6.07) is 18.2. The number of nitrogens with one attached hydrogen (secondary N) is 1. The summed E-state index contributed by atoms with van der Waals surface area (Å²) in [5, 5.41) is 6.04. The van der Waals surface area contributed by atoms with Crippen molar-refractivity contribution in [2.45, 2.75) is 32.7 Å². The number of allylic oxidation sites excluding steroid dienone is 1. The molecule has 1 heterocycles. The van der Waals surface area contributed by atoms with Crippen molar-refractivity contribution >= 4 is 27.8 Å². The normalized spacial score (nSPS) is 19.5. The highest BCUT2D eigenvalue weighted by Crippen LogP contribution is 2.53. The summed E-state index contributed by atoms with van der Waals surface area (Å²) < 4.78 is 11.3. The second-order valence-corrected chi connectivity index (χ2v) is 9.20. The van der Waals surface area contributed by atoms with Crippen LogP contribution in [0.1, 0.15) is 43.9 Å². The summed E-state index contributed by atoms with van der Waals surface area (Å²) in [6.07, 6.45) is 1.40. The van der Waals surface area contributed by atoms with Gasteiger partial charge in [0.25, 0.3) is 0 Å². The van der Waals surface area contributed by atoms with Crippen LogP contribution in [-0.4, -0.2) is 20.0 Å². The summed E-state index contributed by atoms with van der Waals surface area (Å²) in [7, 11) is 3.28. The highest BCUT2D eigenvalue weighted by Gasteiger charge is 2.41. The minimum Gasteiger partial charge on any atom is -0.493 e. The molecule has 5 rings (SSSR count). The van der Waals surface area contributed by atoms with Gasteiger partial charge in [0.1, 0.15) is 0 Å². The number of rotatable bonds is 3. The molecule has 2 aliphatic rings. The Kier molecular flexibility index (Phi) is 4.54. The van der Waals surface area contributed by atoms with Crippen LogP contribution in [0, 0.1) is 5.41 Å². The summed E-state index contributed by atoms with van der Waals surface area (Å²) in [5.41, 5.74) is 5.06. The zero-order chi connectivity index (χ0) is 21.8. The number of carbonyl (C=O) groups excluding carboxylic acids is 1. The Balaban J connectivity index is 1.81. The molecule has 3 aromatic carbocycles. The first-order valence-electron chi connectivity index (χ1n) is 10.7.